The van der Waals surface area contributed by atoms with Crippen LogP contribution >= 0.6 is 11.6 Å². The van der Waals surface area contributed by atoms with Crippen LogP contribution in [0, 0.1) is 11.3 Å². The first-order valence-corrected chi connectivity index (χ1v) is 7.34. The van der Waals surface area contributed by atoms with Gasteiger partial charge in [0.1, 0.15) is 23.6 Å². The van der Waals surface area contributed by atoms with E-state index in [1.807, 2.05) is 24.3 Å². The van der Waals surface area contributed by atoms with Crippen LogP contribution in [0.5, 0.6) is 5.75 Å². The Labute approximate surface area is 133 Å². The maximum absolute atomic E-state index is 12.4. The number of aromatic amines is 1. The third kappa shape index (κ3) is 2.92. The van der Waals surface area contributed by atoms with Gasteiger partial charge >= 0.3 is 0 Å². The highest BCUT2D eigenvalue weighted by atomic mass is 35.5. The molecule has 5 nitrogen and oxygen atoms in total. The van der Waals surface area contributed by atoms with E-state index < -0.39 is 0 Å². The van der Waals surface area contributed by atoms with Crippen molar-refractivity contribution in [2.75, 3.05) is 13.1 Å². The van der Waals surface area contributed by atoms with Crippen molar-refractivity contribution < 1.29 is 9.53 Å². The second-order valence-corrected chi connectivity index (χ2v) is 5.53. The van der Waals surface area contributed by atoms with Gasteiger partial charge in [-0.05, 0) is 18.2 Å². The van der Waals surface area contributed by atoms with Gasteiger partial charge in [-0.1, -0.05) is 23.7 Å². The van der Waals surface area contributed by atoms with E-state index in [1.165, 1.54) is 0 Å². The lowest BCUT2D eigenvalue weighted by molar-refractivity contribution is 0.0772. The molecule has 1 unspecified atom stereocenters. The summed E-state index contributed by atoms with van der Waals surface area (Å²) in [6, 6.07) is 10.8. The van der Waals surface area contributed by atoms with Crippen molar-refractivity contribution in [1.82, 2.24) is 9.88 Å². The zero-order chi connectivity index (χ0) is 15.5. The summed E-state index contributed by atoms with van der Waals surface area (Å²) in [7, 11) is 0. The number of aromatic nitrogens is 1. The maximum atomic E-state index is 12.4. The van der Waals surface area contributed by atoms with E-state index in [4.69, 9.17) is 21.6 Å². The minimum Gasteiger partial charge on any atom is -0.487 e. The number of likely N-dealkylation sites (tertiary alicyclic amines) is 1. The third-order valence-electron chi connectivity index (χ3n) is 3.61. The molecule has 0 radical (unpaired) electrons. The lowest BCUT2D eigenvalue weighted by atomic mass is 10.3. The number of rotatable bonds is 3. The van der Waals surface area contributed by atoms with Crippen molar-refractivity contribution >= 4 is 17.5 Å². The van der Waals surface area contributed by atoms with E-state index in [9.17, 15) is 4.79 Å². The summed E-state index contributed by atoms with van der Waals surface area (Å²) in [5, 5.41) is 9.36. The topological polar surface area (TPSA) is 69.1 Å². The molecular formula is C16H14ClN3O2. The van der Waals surface area contributed by atoms with Crippen LogP contribution in [0.15, 0.2) is 36.5 Å². The quantitative estimate of drug-likeness (QED) is 0.947. The Morgan fingerprint density at radius 2 is 2.27 bits per heavy atom. The highest BCUT2D eigenvalue weighted by Crippen LogP contribution is 2.26. The van der Waals surface area contributed by atoms with Crippen molar-refractivity contribution in [1.29, 1.82) is 5.26 Å². The predicted molar refractivity (Wildman–Crippen MR) is 81.9 cm³/mol. The molecule has 0 spiro atoms. The number of carbonyl (C=O) groups is 1. The van der Waals surface area contributed by atoms with E-state index in [1.54, 1.807) is 23.2 Å². The van der Waals surface area contributed by atoms with E-state index in [0.717, 1.165) is 6.42 Å². The van der Waals surface area contributed by atoms with Gasteiger partial charge in [0.25, 0.3) is 5.91 Å². The number of nitriles is 1. The fourth-order valence-corrected chi connectivity index (χ4v) is 2.67. The van der Waals surface area contributed by atoms with Crippen LogP contribution in [0.25, 0.3) is 0 Å². The molecule has 0 saturated carbocycles. The molecule has 0 aliphatic carbocycles. The van der Waals surface area contributed by atoms with E-state index in [-0.39, 0.29) is 12.0 Å². The number of para-hydroxylation sites is 1. The molecule has 2 aromatic rings. The van der Waals surface area contributed by atoms with Crippen LogP contribution in [-0.2, 0) is 0 Å². The Morgan fingerprint density at radius 3 is 3.00 bits per heavy atom. The first kappa shape index (κ1) is 14.5. The van der Waals surface area contributed by atoms with Crippen molar-refractivity contribution in [3.05, 3.63) is 52.8 Å². The van der Waals surface area contributed by atoms with Crippen molar-refractivity contribution in [3.63, 3.8) is 0 Å². The van der Waals surface area contributed by atoms with Gasteiger partial charge in [0, 0.05) is 19.2 Å². The summed E-state index contributed by atoms with van der Waals surface area (Å²) >= 11 is 6.08. The lowest BCUT2D eigenvalue weighted by Crippen LogP contribution is -2.30. The van der Waals surface area contributed by atoms with Crippen LogP contribution < -0.4 is 4.74 Å². The number of halogens is 1. The molecule has 0 bridgehead atoms. The van der Waals surface area contributed by atoms with Crippen LogP contribution in [-0.4, -0.2) is 35.0 Å². The van der Waals surface area contributed by atoms with Gasteiger partial charge in [-0.3, -0.25) is 4.79 Å². The van der Waals surface area contributed by atoms with Crippen LogP contribution in [0.1, 0.15) is 22.5 Å². The van der Waals surface area contributed by atoms with E-state index >= 15 is 0 Å². The third-order valence-corrected chi connectivity index (χ3v) is 3.93. The largest absolute Gasteiger partial charge is 0.487 e. The normalized spacial score (nSPS) is 17.3. The Bertz CT molecular complexity index is 735. The molecule has 1 amide bonds. The molecule has 1 fully saturated rings. The molecule has 1 atom stereocenters. The minimum atomic E-state index is -0.0944. The maximum Gasteiger partial charge on any atom is 0.255 e. The number of ether oxygens (including phenoxy) is 1. The van der Waals surface area contributed by atoms with Gasteiger partial charge in [-0.2, -0.15) is 5.26 Å². The molecule has 1 aliphatic rings. The second kappa shape index (κ2) is 6.12. The van der Waals surface area contributed by atoms with Gasteiger partial charge in [-0.15, -0.1) is 0 Å². The number of carbonyl (C=O) groups excluding carboxylic acids is 1. The van der Waals surface area contributed by atoms with Gasteiger partial charge in [0.15, 0.2) is 0 Å². The molecule has 3 rings (SSSR count). The smallest absolute Gasteiger partial charge is 0.255 e. The highest BCUT2D eigenvalue weighted by molar-refractivity contribution is 6.32. The number of H-pyrrole nitrogens is 1. The average molecular weight is 316 g/mol. The van der Waals surface area contributed by atoms with Gasteiger partial charge in [-0.25, -0.2) is 0 Å². The van der Waals surface area contributed by atoms with E-state index in [0.29, 0.717) is 35.1 Å². The van der Waals surface area contributed by atoms with Crippen molar-refractivity contribution in [2.45, 2.75) is 12.5 Å². The number of hydrogen-bond donors (Lipinski definition) is 1. The van der Waals surface area contributed by atoms with Crippen molar-refractivity contribution in [2.24, 2.45) is 0 Å². The van der Waals surface area contributed by atoms with E-state index in [2.05, 4.69) is 4.98 Å². The molecule has 1 aliphatic heterocycles. The Hall–Kier alpha value is -2.45. The van der Waals surface area contributed by atoms with Crippen LogP contribution in [0.4, 0.5) is 0 Å². The zero-order valence-corrected chi connectivity index (χ0v) is 12.5. The van der Waals surface area contributed by atoms with Crippen LogP contribution in [0.2, 0.25) is 5.02 Å². The molecule has 1 saturated heterocycles. The molecular weight excluding hydrogens is 302 g/mol. The fourth-order valence-electron chi connectivity index (χ4n) is 2.49. The summed E-state index contributed by atoms with van der Waals surface area (Å²) in [5.74, 6) is 0.542. The molecule has 6 heteroatoms. The number of hydrogen-bond acceptors (Lipinski definition) is 3. The molecule has 1 N–H and O–H groups in total. The first-order chi connectivity index (χ1) is 10.7. The van der Waals surface area contributed by atoms with Crippen LogP contribution in [0.3, 0.4) is 0 Å². The Balaban J connectivity index is 1.64. The second-order valence-electron chi connectivity index (χ2n) is 5.12. The number of benzene rings is 1. The minimum absolute atomic E-state index is 0.0711. The SMILES string of the molecule is N#Cc1cc(C(=O)N2CCC(Oc3ccccc3Cl)C2)c[nH]1. The van der Waals surface area contributed by atoms with Gasteiger partial charge in [0.2, 0.25) is 0 Å². The number of amides is 1. The Kier molecular flexibility index (Phi) is 4.03. The number of nitrogens with one attached hydrogen (secondary N) is 1. The molecule has 1 aromatic carbocycles. The number of nitrogens with zero attached hydrogens (tertiary/aromatic N) is 2. The fraction of sp³-hybridized carbons (Fsp3) is 0.250. The summed E-state index contributed by atoms with van der Waals surface area (Å²) in [5.41, 5.74) is 0.876. The zero-order valence-electron chi connectivity index (χ0n) is 11.8. The average Bonchev–Trinajstić information content (AvgIpc) is 3.18. The molecule has 1 aromatic heterocycles. The predicted octanol–water partition coefficient (Wildman–Crippen LogP) is 2.83. The molecule has 112 valence electrons. The molecule has 2 heterocycles. The molecule has 22 heavy (non-hydrogen) atoms. The summed E-state index contributed by atoms with van der Waals surface area (Å²) in [6.07, 6.45) is 2.24. The summed E-state index contributed by atoms with van der Waals surface area (Å²) in [6.45, 7) is 1.14. The van der Waals surface area contributed by atoms with Gasteiger partial charge < -0.3 is 14.6 Å². The monoisotopic (exact) mass is 315 g/mol. The highest BCUT2D eigenvalue weighted by Gasteiger charge is 2.29. The van der Waals surface area contributed by atoms with Gasteiger partial charge in [0.05, 0.1) is 17.1 Å². The lowest BCUT2D eigenvalue weighted by Gasteiger charge is -2.17. The first-order valence-electron chi connectivity index (χ1n) is 6.96. The van der Waals surface area contributed by atoms with Crippen molar-refractivity contribution in [3.8, 4) is 11.8 Å². The summed E-state index contributed by atoms with van der Waals surface area (Å²) < 4.78 is 5.86. The standard InChI is InChI=1S/C16H14ClN3O2/c17-14-3-1-2-4-15(14)22-13-5-6-20(10-13)16(21)11-7-12(8-18)19-9-11/h1-4,7,9,13,19H,5-6,10H2. The Morgan fingerprint density at radius 1 is 1.45 bits per heavy atom. The summed E-state index contributed by atoms with van der Waals surface area (Å²) in [4.78, 5) is 16.8.